The lowest BCUT2D eigenvalue weighted by Gasteiger charge is -2.35. The fourth-order valence-corrected chi connectivity index (χ4v) is 2.34. The molecule has 16 heavy (non-hydrogen) atoms. The second-order valence-corrected chi connectivity index (χ2v) is 5.27. The molecule has 1 aromatic rings. The summed E-state index contributed by atoms with van der Waals surface area (Å²) >= 11 is 3.46. The zero-order chi connectivity index (χ0) is 11.7. The van der Waals surface area contributed by atoms with Gasteiger partial charge in [-0.05, 0) is 43.9 Å². The number of amides is 1. The minimum Gasteiger partial charge on any atom is -0.339 e. The summed E-state index contributed by atoms with van der Waals surface area (Å²) in [5.41, 5.74) is 1.84. The summed E-state index contributed by atoms with van der Waals surface area (Å²) in [7, 11) is 1.91. The van der Waals surface area contributed by atoms with Crippen LogP contribution < -0.4 is 0 Å². The van der Waals surface area contributed by atoms with Crippen molar-refractivity contribution in [2.45, 2.75) is 32.2 Å². The maximum Gasteiger partial charge on any atom is 0.254 e. The van der Waals surface area contributed by atoms with Crippen molar-refractivity contribution < 1.29 is 4.79 Å². The number of hydrogen-bond acceptors (Lipinski definition) is 1. The first-order valence-corrected chi connectivity index (χ1v) is 6.43. The van der Waals surface area contributed by atoms with Gasteiger partial charge in [-0.15, -0.1) is 0 Å². The molecule has 0 unspecified atom stereocenters. The first-order chi connectivity index (χ1) is 7.61. The standard InChI is InChI=1S/C13H16BrNO/c1-9-11(7-4-8-12(9)14)13(16)15(2)10-5-3-6-10/h4,7-8,10H,3,5-6H2,1-2H3. The predicted octanol–water partition coefficient (Wildman–Crippen LogP) is 3.38. The fourth-order valence-electron chi connectivity index (χ4n) is 1.97. The second kappa shape index (κ2) is 4.58. The lowest BCUT2D eigenvalue weighted by Crippen LogP contribution is -2.41. The van der Waals surface area contributed by atoms with Gasteiger partial charge in [-0.1, -0.05) is 22.0 Å². The van der Waals surface area contributed by atoms with Gasteiger partial charge < -0.3 is 4.90 Å². The maximum atomic E-state index is 12.3. The number of carbonyl (C=O) groups excluding carboxylic acids is 1. The van der Waals surface area contributed by atoms with E-state index in [-0.39, 0.29) is 5.91 Å². The molecule has 0 atom stereocenters. The highest BCUT2D eigenvalue weighted by molar-refractivity contribution is 9.10. The molecule has 0 aromatic heterocycles. The zero-order valence-electron chi connectivity index (χ0n) is 9.66. The Morgan fingerprint density at radius 2 is 2.12 bits per heavy atom. The average Bonchev–Trinajstić information content (AvgIpc) is 2.18. The van der Waals surface area contributed by atoms with Crippen LogP contribution in [0.4, 0.5) is 0 Å². The molecule has 0 saturated heterocycles. The van der Waals surface area contributed by atoms with Gasteiger partial charge in [0.2, 0.25) is 0 Å². The molecule has 0 radical (unpaired) electrons. The number of benzene rings is 1. The molecule has 0 aliphatic heterocycles. The van der Waals surface area contributed by atoms with Gasteiger partial charge in [0, 0.05) is 23.1 Å². The van der Waals surface area contributed by atoms with Crippen molar-refractivity contribution >= 4 is 21.8 Å². The molecule has 0 heterocycles. The van der Waals surface area contributed by atoms with Crippen LogP contribution in [0.25, 0.3) is 0 Å². The van der Waals surface area contributed by atoms with E-state index < -0.39 is 0 Å². The van der Waals surface area contributed by atoms with E-state index in [9.17, 15) is 4.79 Å². The second-order valence-electron chi connectivity index (χ2n) is 4.41. The summed E-state index contributed by atoms with van der Waals surface area (Å²) in [4.78, 5) is 14.1. The summed E-state index contributed by atoms with van der Waals surface area (Å²) < 4.78 is 1.00. The number of halogens is 1. The Kier molecular flexibility index (Phi) is 3.33. The van der Waals surface area contributed by atoms with Gasteiger partial charge in [-0.2, -0.15) is 0 Å². The van der Waals surface area contributed by atoms with Gasteiger partial charge in [0.15, 0.2) is 0 Å². The third-order valence-electron chi connectivity index (χ3n) is 3.44. The van der Waals surface area contributed by atoms with E-state index in [1.165, 1.54) is 6.42 Å². The Bertz CT molecular complexity index is 412. The Labute approximate surface area is 105 Å². The minimum atomic E-state index is 0.142. The van der Waals surface area contributed by atoms with Crippen LogP contribution in [0.3, 0.4) is 0 Å². The van der Waals surface area contributed by atoms with Crippen molar-refractivity contribution in [2.75, 3.05) is 7.05 Å². The molecule has 0 bridgehead atoms. The van der Waals surface area contributed by atoms with Crippen molar-refractivity contribution in [2.24, 2.45) is 0 Å². The van der Waals surface area contributed by atoms with Gasteiger partial charge >= 0.3 is 0 Å². The highest BCUT2D eigenvalue weighted by Gasteiger charge is 2.27. The van der Waals surface area contributed by atoms with E-state index in [4.69, 9.17) is 0 Å². The Morgan fingerprint density at radius 1 is 1.44 bits per heavy atom. The molecular formula is C13H16BrNO. The lowest BCUT2D eigenvalue weighted by atomic mass is 9.91. The van der Waals surface area contributed by atoms with Crippen LogP contribution >= 0.6 is 15.9 Å². The molecule has 1 aromatic carbocycles. The molecule has 1 fully saturated rings. The molecule has 2 rings (SSSR count). The van der Waals surface area contributed by atoms with E-state index >= 15 is 0 Å². The van der Waals surface area contributed by atoms with E-state index in [2.05, 4.69) is 15.9 Å². The Balaban J connectivity index is 2.22. The van der Waals surface area contributed by atoms with E-state index in [0.717, 1.165) is 28.4 Å². The lowest BCUT2D eigenvalue weighted by molar-refractivity contribution is 0.0651. The fraction of sp³-hybridized carbons (Fsp3) is 0.462. The van der Waals surface area contributed by atoms with Crippen molar-refractivity contribution in [1.82, 2.24) is 4.90 Å². The largest absolute Gasteiger partial charge is 0.339 e. The van der Waals surface area contributed by atoms with Crippen LogP contribution in [0.15, 0.2) is 22.7 Å². The number of hydrogen-bond donors (Lipinski definition) is 0. The number of rotatable bonds is 2. The SMILES string of the molecule is Cc1c(Br)cccc1C(=O)N(C)C1CCC1. The van der Waals surface area contributed by atoms with Crippen LogP contribution in [0.2, 0.25) is 0 Å². The molecule has 1 aliphatic carbocycles. The van der Waals surface area contributed by atoms with Crippen LogP contribution in [0, 0.1) is 6.92 Å². The summed E-state index contributed by atoms with van der Waals surface area (Å²) in [6, 6.07) is 6.23. The molecule has 3 heteroatoms. The van der Waals surface area contributed by atoms with Crippen molar-refractivity contribution in [3.8, 4) is 0 Å². The van der Waals surface area contributed by atoms with Gasteiger partial charge in [0.1, 0.15) is 0 Å². The molecule has 86 valence electrons. The van der Waals surface area contributed by atoms with Gasteiger partial charge in [-0.3, -0.25) is 4.79 Å². The van der Waals surface area contributed by atoms with E-state index in [1.54, 1.807) is 0 Å². The van der Waals surface area contributed by atoms with Gasteiger partial charge in [-0.25, -0.2) is 0 Å². The zero-order valence-corrected chi connectivity index (χ0v) is 11.3. The summed E-state index contributed by atoms with van der Waals surface area (Å²) in [6.45, 7) is 1.98. The topological polar surface area (TPSA) is 20.3 Å². The predicted molar refractivity (Wildman–Crippen MR) is 68.6 cm³/mol. The number of carbonyl (C=O) groups is 1. The first-order valence-electron chi connectivity index (χ1n) is 5.63. The molecular weight excluding hydrogens is 266 g/mol. The van der Waals surface area contributed by atoms with Crippen molar-refractivity contribution in [3.05, 3.63) is 33.8 Å². The molecule has 2 nitrogen and oxygen atoms in total. The van der Waals surface area contributed by atoms with Gasteiger partial charge in [0.05, 0.1) is 0 Å². The maximum absolute atomic E-state index is 12.3. The van der Waals surface area contributed by atoms with Crippen molar-refractivity contribution in [1.29, 1.82) is 0 Å². The third kappa shape index (κ3) is 2.01. The molecule has 1 aliphatic rings. The van der Waals surface area contributed by atoms with Crippen molar-refractivity contribution in [3.63, 3.8) is 0 Å². The first kappa shape index (κ1) is 11.6. The monoisotopic (exact) mass is 281 g/mol. The Morgan fingerprint density at radius 3 is 2.69 bits per heavy atom. The molecule has 0 spiro atoms. The quantitative estimate of drug-likeness (QED) is 0.814. The molecule has 0 N–H and O–H groups in total. The normalized spacial score (nSPS) is 15.7. The minimum absolute atomic E-state index is 0.142. The van der Waals surface area contributed by atoms with E-state index in [1.807, 2.05) is 37.1 Å². The highest BCUT2D eigenvalue weighted by atomic mass is 79.9. The molecule has 1 amide bonds. The van der Waals surface area contributed by atoms with E-state index in [0.29, 0.717) is 6.04 Å². The highest BCUT2D eigenvalue weighted by Crippen LogP contribution is 2.26. The summed E-state index contributed by atoms with van der Waals surface area (Å²) in [6.07, 6.45) is 3.55. The number of nitrogens with zero attached hydrogens (tertiary/aromatic N) is 1. The summed E-state index contributed by atoms with van der Waals surface area (Å²) in [5, 5.41) is 0. The van der Waals surface area contributed by atoms with Crippen LogP contribution in [0.5, 0.6) is 0 Å². The third-order valence-corrected chi connectivity index (χ3v) is 4.30. The average molecular weight is 282 g/mol. The van der Waals surface area contributed by atoms with Gasteiger partial charge in [0.25, 0.3) is 5.91 Å². The van der Waals surface area contributed by atoms with Crippen LogP contribution in [-0.2, 0) is 0 Å². The van der Waals surface area contributed by atoms with Crippen LogP contribution in [-0.4, -0.2) is 23.9 Å². The smallest absolute Gasteiger partial charge is 0.254 e. The van der Waals surface area contributed by atoms with Crippen LogP contribution in [0.1, 0.15) is 35.2 Å². The molecule has 1 saturated carbocycles. The summed E-state index contributed by atoms with van der Waals surface area (Å²) in [5.74, 6) is 0.142. The Hall–Kier alpha value is -0.830.